The number of allylic oxidation sites excluding steroid dienone is 12. The average Bonchev–Trinajstić information content (AvgIpc) is 3.22. The molecule has 0 aromatic heterocycles. The fourth-order valence-electron chi connectivity index (χ4n) is 6.82. The molecule has 0 aromatic carbocycles. The van der Waals surface area contributed by atoms with Crippen LogP contribution in [0.1, 0.15) is 194 Å². The van der Waals surface area contributed by atoms with Gasteiger partial charge in [0.15, 0.2) is 6.10 Å². The minimum absolute atomic E-state index is 0.0131. The van der Waals surface area contributed by atoms with Crippen molar-refractivity contribution in [2.75, 3.05) is 41.0 Å². The van der Waals surface area contributed by atoms with Crippen molar-refractivity contribution in [1.29, 1.82) is 0 Å². The lowest BCUT2D eigenvalue weighted by Crippen LogP contribution is -2.55. The smallest absolute Gasteiger partial charge is 0.306 e. The molecule has 0 aliphatic heterocycles. The van der Waals surface area contributed by atoms with E-state index in [2.05, 4.69) is 74.6 Å². The summed E-state index contributed by atoms with van der Waals surface area (Å²) in [6.45, 7) is 4.47. The number of carboxylic acid groups (broad SMARTS) is 1. The molecule has 0 N–H and O–H groups in total. The zero-order valence-electron chi connectivity index (χ0n) is 39.8. The number of hydrogen-bond donors (Lipinski definition) is 0. The topological polar surface area (TPSA) is 102 Å². The molecule has 350 valence electrons. The Bertz CT molecular complexity index is 1230. The van der Waals surface area contributed by atoms with E-state index in [0.717, 1.165) is 51.4 Å². The third kappa shape index (κ3) is 41.9. The monoisotopic (exact) mass is 854 g/mol. The Kier molecular flexibility index (Phi) is 41.1. The quantitative estimate of drug-likeness (QED) is 0.0260. The SMILES string of the molecule is CC/C=C/C/C=C/C/C=C/C/C=C/C/C=C/CCC(=O)OCC(COCCC(C(=O)[O-])[N+](C)(C)C)OC(=O)CCCCCCCCC/C=C/CCCCCCCCCCCC. The normalized spacial score (nSPS) is 13.5. The van der Waals surface area contributed by atoms with Gasteiger partial charge in [-0.3, -0.25) is 9.59 Å². The van der Waals surface area contributed by atoms with Gasteiger partial charge in [0.2, 0.25) is 0 Å². The Hall–Kier alpha value is -3.23. The number of likely N-dealkylation sites (N-methyl/N-ethyl adjacent to an activating group) is 1. The first-order valence-corrected chi connectivity index (χ1v) is 24.5. The summed E-state index contributed by atoms with van der Waals surface area (Å²) in [5, 5.41) is 11.6. The highest BCUT2D eigenvalue weighted by atomic mass is 16.6. The summed E-state index contributed by atoms with van der Waals surface area (Å²) in [5.74, 6) is -1.85. The highest BCUT2D eigenvalue weighted by Crippen LogP contribution is 2.14. The summed E-state index contributed by atoms with van der Waals surface area (Å²) in [4.78, 5) is 36.9. The average molecular weight is 854 g/mol. The van der Waals surface area contributed by atoms with Crippen molar-refractivity contribution in [3.63, 3.8) is 0 Å². The zero-order valence-corrected chi connectivity index (χ0v) is 39.8. The molecule has 0 aliphatic rings. The van der Waals surface area contributed by atoms with Crippen LogP contribution in [0.3, 0.4) is 0 Å². The molecule has 0 aromatic rings. The van der Waals surface area contributed by atoms with Gasteiger partial charge < -0.3 is 28.6 Å². The first-order chi connectivity index (χ1) is 29.6. The zero-order chi connectivity index (χ0) is 44.9. The standard InChI is InChI=1S/C53H91NO7/c1-6-8-10-12-14-16-18-20-22-24-25-26-27-28-30-32-34-36-38-40-42-44-52(56)61-49(47-59-46-45-50(53(57)58)54(3,4)5)48-60-51(55)43-41-39-37-35-33-31-29-23-21-19-17-15-13-11-9-7-2/h9,11,15,17,21,23,26-27,31,33,37,39,49-50H,6-8,10,12-14,16,18-20,22,24-25,28-30,32,34-36,38,40-48H2,1-5H3/b11-9+,17-15+,23-21+,27-26+,33-31+,39-37+. The maximum atomic E-state index is 12.8. The van der Waals surface area contributed by atoms with E-state index in [1.807, 2.05) is 12.2 Å². The van der Waals surface area contributed by atoms with Crippen molar-refractivity contribution in [3.05, 3.63) is 72.9 Å². The van der Waals surface area contributed by atoms with Gasteiger partial charge in [0, 0.05) is 19.3 Å². The number of carbonyl (C=O) groups is 3. The van der Waals surface area contributed by atoms with Crippen LogP contribution >= 0.6 is 0 Å². The third-order valence-electron chi connectivity index (χ3n) is 10.6. The largest absolute Gasteiger partial charge is 0.544 e. The Morgan fingerprint density at radius 1 is 0.508 bits per heavy atom. The molecule has 2 unspecified atom stereocenters. The maximum absolute atomic E-state index is 12.8. The molecule has 0 heterocycles. The maximum Gasteiger partial charge on any atom is 0.306 e. The summed E-state index contributed by atoms with van der Waals surface area (Å²) in [6.07, 6.45) is 55.2. The Morgan fingerprint density at radius 3 is 1.43 bits per heavy atom. The van der Waals surface area contributed by atoms with E-state index in [1.54, 1.807) is 21.1 Å². The van der Waals surface area contributed by atoms with Gasteiger partial charge in [-0.15, -0.1) is 0 Å². The predicted octanol–water partition coefficient (Wildman–Crippen LogP) is 12.6. The molecule has 0 fully saturated rings. The highest BCUT2D eigenvalue weighted by Gasteiger charge is 2.25. The molecule has 0 bridgehead atoms. The molecule has 0 amide bonds. The first kappa shape index (κ1) is 57.8. The summed E-state index contributed by atoms with van der Waals surface area (Å²) in [6, 6.07) is -0.740. The van der Waals surface area contributed by atoms with Gasteiger partial charge in [-0.2, -0.15) is 0 Å². The number of esters is 2. The van der Waals surface area contributed by atoms with E-state index in [4.69, 9.17) is 14.2 Å². The van der Waals surface area contributed by atoms with Crippen LogP contribution in [0.25, 0.3) is 0 Å². The molecule has 0 aliphatic carbocycles. The van der Waals surface area contributed by atoms with Gasteiger partial charge in [0.05, 0.1) is 40.3 Å². The molecule has 0 saturated carbocycles. The highest BCUT2D eigenvalue weighted by molar-refractivity contribution is 5.70. The third-order valence-corrected chi connectivity index (χ3v) is 10.6. The number of rotatable bonds is 43. The van der Waals surface area contributed by atoms with Crippen molar-refractivity contribution >= 4 is 17.9 Å². The number of ether oxygens (including phenoxy) is 3. The molecule has 61 heavy (non-hydrogen) atoms. The lowest BCUT2D eigenvalue weighted by atomic mass is 10.1. The van der Waals surface area contributed by atoms with E-state index < -0.39 is 18.1 Å². The van der Waals surface area contributed by atoms with Crippen molar-refractivity contribution < 1.29 is 38.2 Å². The first-order valence-electron chi connectivity index (χ1n) is 24.5. The number of aliphatic carboxylic acids is 1. The van der Waals surface area contributed by atoms with Crippen LogP contribution in [-0.4, -0.2) is 75.5 Å². The Labute approximate surface area is 374 Å². The van der Waals surface area contributed by atoms with Gasteiger partial charge >= 0.3 is 11.9 Å². The summed E-state index contributed by atoms with van der Waals surface area (Å²) < 4.78 is 17.1. The van der Waals surface area contributed by atoms with Gasteiger partial charge in [-0.25, -0.2) is 0 Å². The fraction of sp³-hybridized carbons (Fsp3) is 0.717. The fourth-order valence-corrected chi connectivity index (χ4v) is 6.82. The van der Waals surface area contributed by atoms with Gasteiger partial charge in [0.25, 0.3) is 0 Å². The Balaban J connectivity index is 4.36. The van der Waals surface area contributed by atoms with Crippen molar-refractivity contribution in [3.8, 4) is 0 Å². The minimum atomic E-state index is -1.14. The van der Waals surface area contributed by atoms with Gasteiger partial charge in [-0.1, -0.05) is 177 Å². The second-order valence-corrected chi connectivity index (χ2v) is 17.3. The minimum Gasteiger partial charge on any atom is -0.544 e. The lowest BCUT2D eigenvalue weighted by molar-refractivity contribution is -0.889. The van der Waals surface area contributed by atoms with Crippen LogP contribution in [0.2, 0.25) is 0 Å². The molecule has 0 rings (SSSR count). The van der Waals surface area contributed by atoms with Crippen molar-refractivity contribution in [2.24, 2.45) is 0 Å². The van der Waals surface area contributed by atoms with Gasteiger partial charge in [-0.05, 0) is 70.6 Å². The molecular weight excluding hydrogens is 763 g/mol. The van der Waals surface area contributed by atoms with E-state index in [1.165, 1.54) is 103 Å². The number of quaternary nitrogens is 1. The van der Waals surface area contributed by atoms with E-state index in [0.29, 0.717) is 12.8 Å². The van der Waals surface area contributed by atoms with Gasteiger partial charge in [0.1, 0.15) is 12.6 Å². The van der Waals surface area contributed by atoms with Crippen LogP contribution in [0.5, 0.6) is 0 Å². The Morgan fingerprint density at radius 2 is 0.951 bits per heavy atom. The van der Waals surface area contributed by atoms with Crippen molar-refractivity contribution in [2.45, 2.75) is 206 Å². The van der Waals surface area contributed by atoms with Crippen LogP contribution in [0.4, 0.5) is 0 Å². The van der Waals surface area contributed by atoms with Crippen LogP contribution in [0.15, 0.2) is 72.9 Å². The summed E-state index contributed by atoms with van der Waals surface area (Å²) in [5.41, 5.74) is 0. The number of carboxylic acids is 1. The van der Waals surface area contributed by atoms with E-state index >= 15 is 0 Å². The lowest BCUT2D eigenvalue weighted by Gasteiger charge is -2.34. The number of carbonyl (C=O) groups excluding carboxylic acids is 3. The van der Waals surface area contributed by atoms with Crippen LogP contribution in [0, 0.1) is 0 Å². The molecule has 0 radical (unpaired) electrons. The summed E-state index contributed by atoms with van der Waals surface area (Å²) >= 11 is 0. The molecule has 2 atom stereocenters. The van der Waals surface area contributed by atoms with E-state index in [-0.39, 0.29) is 49.1 Å². The molecule has 8 heteroatoms. The molecule has 0 saturated heterocycles. The van der Waals surface area contributed by atoms with Crippen LogP contribution in [-0.2, 0) is 28.6 Å². The molecular formula is C53H91NO7. The summed E-state index contributed by atoms with van der Waals surface area (Å²) in [7, 11) is 5.38. The number of nitrogens with zero attached hydrogens (tertiary/aromatic N) is 1. The molecule has 0 spiro atoms. The van der Waals surface area contributed by atoms with E-state index in [9.17, 15) is 19.5 Å². The second-order valence-electron chi connectivity index (χ2n) is 17.3. The number of unbranched alkanes of at least 4 members (excludes halogenated alkanes) is 17. The second kappa shape index (κ2) is 43.4. The number of hydrogen-bond acceptors (Lipinski definition) is 7. The van der Waals surface area contributed by atoms with Crippen LogP contribution < -0.4 is 5.11 Å². The van der Waals surface area contributed by atoms with Crippen molar-refractivity contribution in [1.82, 2.24) is 0 Å². The molecule has 8 nitrogen and oxygen atoms in total. The predicted molar refractivity (Wildman–Crippen MR) is 254 cm³/mol.